The molecule has 4 amide bonds. The van der Waals surface area contributed by atoms with Gasteiger partial charge in [0.2, 0.25) is 12.7 Å². The van der Waals surface area contributed by atoms with Crippen LogP contribution in [0, 0.1) is 0 Å². The van der Waals surface area contributed by atoms with E-state index in [2.05, 4.69) is 15.6 Å². The summed E-state index contributed by atoms with van der Waals surface area (Å²) in [5.74, 6) is 0.764. The SMILES string of the molecule is O=C(CCC1NC(=O)N(Cc2ccc3c(c2)OCO3)C1=O)NCCc1c[nH]c2ccccc12. The Kier molecular flexibility index (Phi) is 5.60. The van der Waals surface area contributed by atoms with E-state index < -0.39 is 12.1 Å². The van der Waals surface area contributed by atoms with Gasteiger partial charge in [-0.25, -0.2) is 4.79 Å². The van der Waals surface area contributed by atoms with E-state index in [1.165, 1.54) is 0 Å². The number of ether oxygens (including phenoxy) is 2. The third kappa shape index (κ3) is 4.34. The van der Waals surface area contributed by atoms with Gasteiger partial charge in [-0.1, -0.05) is 24.3 Å². The Morgan fingerprint density at radius 3 is 2.88 bits per heavy atom. The molecule has 1 aromatic heterocycles. The zero-order valence-electron chi connectivity index (χ0n) is 17.9. The van der Waals surface area contributed by atoms with Crippen LogP contribution in [0.4, 0.5) is 4.79 Å². The molecule has 170 valence electrons. The normalized spacial score (nSPS) is 17.0. The first-order valence-electron chi connectivity index (χ1n) is 10.9. The van der Waals surface area contributed by atoms with Gasteiger partial charge in [0.25, 0.3) is 5.91 Å². The molecule has 9 heteroatoms. The third-order valence-electron chi connectivity index (χ3n) is 5.94. The highest BCUT2D eigenvalue weighted by atomic mass is 16.7. The van der Waals surface area contributed by atoms with E-state index in [-0.39, 0.29) is 38.0 Å². The molecule has 2 aliphatic heterocycles. The molecule has 5 rings (SSSR count). The first-order valence-corrected chi connectivity index (χ1v) is 10.9. The number of fused-ring (bicyclic) bond motifs is 2. The molecule has 2 aliphatic rings. The summed E-state index contributed by atoms with van der Waals surface area (Å²) in [6.45, 7) is 0.796. The smallest absolute Gasteiger partial charge is 0.325 e. The van der Waals surface area contributed by atoms with Crippen LogP contribution in [0.5, 0.6) is 11.5 Å². The monoisotopic (exact) mass is 448 g/mol. The highest BCUT2D eigenvalue weighted by Crippen LogP contribution is 2.33. The lowest BCUT2D eigenvalue weighted by atomic mass is 10.1. The summed E-state index contributed by atoms with van der Waals surface area (Å²) >= 11 is 0. The standard InChI is InChI=1S/C24H24N4O5/c29-22(25-10-9-16-12-26-18-4-2-1-3-17(16)18)8-6-19-23(30)28(24(31)27-19)13-15-5-7-20-21(11-15)33-14-32-20/h1-5,7,11-12,19,26H,6,8-10,13-14H2,(H,25,29)(H,27,31). The molecule has 3 heterocycles. The molecule has 0 saturated carbocycles. The summed E-state index contributed by atoms with van der Waals surface area (Å²) in [6.07, 6.45) is 3.07. The molecule has 33 heavy (non-hydrogen) atoms. The van der Waals surface area contributed by atoms with Crippen LogP contribution in [0.25, 0.3) is 10.9 Å². The van der Waals surface area contributed by atoms with Gasteiger partial charge in [-0.05, 0) is 42.2 Å². The largest absolute Gasteiger partial charge is 0.454 e. The molecule has 1 unspecified atom stereocenters. The van der Waals surface area contributed by atoms with Crippen molar-refractivity contribution in [2.75, 3.05) is 13.3 Å². The van der Waals surface area contributed by atoms with Crippen LogP contribution < -0.4 is 20.1 Å². The summed E-state index contributed by atoms with van der Waals surface area (Å²) in [4.78, 5) is 41.7. The summed E-state index contributed by atoms with van der Waals surface area (Å²) in [5, 5.41) is 6.72. The molecule has 0 spiro atoms. The topological polar surface area (TPSA) is 113 Å². The number of imide groups is 1. The molecule has 1 fully saturated rings. The Morgan fingerprint density at radius 2 is 1.97 bits per heavy atom. The minimum absolute atomic E-state index is 0.134. The molecule has 0 aliphatic carbocycles. The number of aromatic amines is 1. The zero-order chi connectivity index (χ0) is 22.8. The molecular weight excluding hydrogens is 424 g/mol. The van der Waals surface area contributed by atoms with Crippen molar-refractivity contribution in [3.8, 4) is 11.5 Å². The zero-order valence-corrected chi connectivity index (χ0v) is 17.9. The molecular formula is C24H24N4O5. The highest BCUT2D eigenvalue weighted by Gasteiger charge is 2.38. The number of hydrogen-bond acceptors (Lipinski definition) is 5. The first-order chi connectivity index (χ1) is 16.1. The van der Waals surface area contributed by atoms with Crippen molar-refractivity contribution in [2.45, 2.75) is 31.8 Å². The molecule has 2 aromatic carbocycles. The van der Waals surface area contributed by atoms with Gasteiger partial charge in [0, 0.05) is 30.1 Å². The van der Waals surface area contributed by atoms with E-state index >= 15 is 0 Å². The third-order valence-corrected chi connectivity index (χ3v) is 5.94. The predicted octanol–water partition coefficient (Wildman–Crippen LogP) is 2.46. The minimum Gasteiger partial charge on any atom is -0.454 e. The second-order valence-corrected chi connectivity index (χ2v) is 8.11. The van der Waals surface area contributed by atoms with Crippen LogP contribution in [0.2, 0.25) is 0 Å². The van der Waals surface area contributed by atoms with Gasteiger partial charge >= 0.3 is 6.03 Å². The maximum absolute atomic E-state index is 12.7. The summed E-state index contributed by atoms with van der Waals surface area (Å²) in [6, 6.07) is 12.2. The van der Waals surface area contributed by atoms with Crippen molar-refractivity contribution < 1.29 is 23.9 Å². The molecule has 3 aromatic rings. The maximum Gasteiger partial charge on any atom is 0.325 e. The Hall–Kier alpha value is -4.01. The van der Waals surface area contributed by atoms with Crippen LogP contribution in [-0.2, 0) is 22.6 Å². The van der Waals surface area contributed by atoms with Crippen molar-refractivity contribution in [2.24, 2.45) is 0 Å². The summed E-state index contributed by atoms with van der Waals surface area (Å²) in [7, 11) is 0. The Balaban J connectivity index is 1.09. The number of carbonyl (C=O) groups excluding carboxylic acids is 3. The quantitative estimate of drug-likeness (QED) is 0.458. The van der Waals surface area contributed by atoms with Crippen LogP contribution in [0.1, 0.15) is 24.0 Å². The molecule has 0 radical (unpaired) electrons. The molecule has 1 atom stereocenters. The van der Waals surface area contributed by atoms with Gasteiger partial charge in [0.15, 0.2) is 11.5 Å². The minimum atomic E-state index is -0.703. The Bertz CT molecular complexity index is 1220. The first kappa shape index (κ1) is 20.9. The molecule has 0 bridgehead atoms. The van der Waals surface area contributed by atoms with Gasteiger partial charge in [0.1, 0.15) is 6.04 Å². The Morgan fingerprint density at radius 1 is 1.12 bits per heavy atom. The number of urea groups is 1. The lowest BCUT2D eigenvalue weighted by Crippen LogP contribution is -2.33. The average Bonchev–Trinajstić information content (AvgIpc) is 3.52. The number of amides is 4. The van der Waals surface area contributed by atoms with Gasteiger partial charge in [-0.15, -0.1) is 0 Å². The van der Waals surface area contributed by atoms with Gasteiger partial charge < -0.3 is 25.1 Å². The summed E-state index contributed by atoms with van der Waals surface area (Å²) in [5.41, 5.74) is 2.97. The lowest BCUT2D eigenvalue weighted by molar-refractivity contribution is -0.128. The van der Waals surface area contributed by atoms with Crippen LogP contribution in [-0.4, -0.2) is 47.1 Å². The number of carbonyl (C=O) groups is 3. The fourth-order valence-corrected chi connectivity index (χ4v) is 4.18. The van der Waals surface area contributed by atoms with Crippen LogP contribution in [0.15, 0.2) is 48.7 Å². The number of aromatic nitrogens is 1. The number of nitrogens with one attached hydrogen (secondary N) is 3. The fourth-order valence-electron chi connectivity index (χ4n) is 4.18. The average molecular weight is 448 g/mol. The van der Waals surface area contributed by atoms with Crippen LogP contribution in [0.3, 0.4) is 0 Å². The van der Waals surface area contributed by atoms with Crippen molar-refractivity contribution in [3.63, 3.8) is 0 Å². The molecule has 3 N–H and O–H groups in total. The van der Waals surface area contributed by atoms with Crippen molar-refractivity contribution in [1.82, 2.24) is 20.5 Å². The Labute approximate surface area is 190 Å². The number of benzene rings is 2. The van der Waals surface area contributed by atoms with E-state index in [0.717, 1.165) is 26.9 Å². The van der Waals surface area contributed by atoms with E-state index in [1.54, 1.807) is 18.2 Å². The number of nitrogens with zero attached hydrogens (tertiary/aromatic N) is 1. The second-order valence-electron chi connectivity index (χ2n) is 8.11. The van der Waals surface area contributed by atoms with E-state index in [9.17, 15) is 14.4 Å². The van der Waals surface area contributed by atoms with Crippen molar-refractivity contribution >= 4 is 28.7 Å². The molecule has 1 saturated heterocycles. The summed E-state index contributed by atoms with van der Waals surface area (Å²) < 4.78 is 10.6. The van der Waals surface area contributed by atoms with Crippen molar-refractivity contribution in [1.29, 1.82) is 0 Å². The van der Waals surface area contributed by atoms with E-state index in [4.69, 9.17) is 9.47 Å². The van der Waals surface area contributed by atoms with Gasteiger partial charge in [0.05, 0.1) is 6.54 Å². The fraction of sp³-hybridized carbons (Fsp3) is 0.292. The van der Waals surface area contributed by atoms with E-state index in [1.807, 2.05) is 30.5 Å². The highest BCUT2D eigenvalue weighted by molar-refractivity contribution is 6.04. The van der Waals surface area contributed by atoms with Gasteiger partial charge in [-0.3, -0.25) is 14.5 Å². The van der Waals surface area contributed by atoms with Crippen LogP contribution >= 0.6 is 0 Å². The van der Waals surface area contributed by atoms with Crippen molar-refractivity contribution in [3.05, 3.63) is 59.8 Å². The lowest BCUT2D eigenvalue weighted by Gasteiger charge is -2.13. The molecule has 9 nitrogen and oxygen atoms in total. The number of rotatable bonds is 8. The number of hydrogen-bond donors (Lipinski definition) is 3. The number of H-pyrrole nitrogens is 1. The van der Waals surface area contributed by atoms with E-state index in [0.29, 0.717) is 24.5 Å². The maximum atomic E-state index is 12.7. The number of para-hydroxylation sites is 1. The second kappa shape index (κ2) is 8.85. The predicted molar refractivity (Wildman–Crippen MR) is 120 cm³/mol. The van der Waals surface area contributed by atoms with Gasteiger partial charge in [-0.2, -0.15) is 0 Å².